The third kappa shape index (κ3) is 4.14. The Labute approximate surface area is 135 Å². The standard InChI is InChI=1S/C14H11BrCl2OS/c15-12-7-10(2-1-9(12)5-6-18)19-11-3-4-13(16)14(17)8-11/h1-4,7-8,18H,5-6H2. The molecule has 2 aromatic carbocycles. The third-order valence-electron chi connectivity index (χ3n) is 2.53. The van der Waals surface area contributed by atoms with Crippen LogP contribution in [0, 0.1) is 0 Å². The summed E-state index contributed by atoms with van der Waals surface area (Å²) in [4.78, 5) is 2.14. The minimum Gasteiger partial charge on any atom is -0.396 e. The van der Waals surface area contributed by atoms with Gasteiger partial charge in [0, 0.05) is 20.9 Å². The van der Waals surface area contributed by atoms with Gasteiger partial charge >= 0.3 is 0 Å². The van der Waals surface area contributed by atoms with E-state index in [1.165, 1.54) is 0 Å². The molecule has 1 nitrogen and oxygen atoms in total. The molecule has 100 valence electrons. The Kier molecular flexibility index (Phi) is 5.60. The van der Waals surface area contributed by atoms with E-state index in [4.69, 9.17) is 28.3 Å². The van der Waals surface area contributed by atoms with Crippen LogP contribution in [0.5, 0.6) is 0 Å². The smallest absolute Gasteiger partial charge is 0.0603 e. The first-order valence-electron chi connectivity index (χ1n) is 5.62. The zero-order chi connectivity index (χ0) is 13.8. The maximum absolute atomic E-state index is 8.95. The first kappa shape index (κ1) is 15.2. The molecule has 19 heavy (non-hydrogen) atoms. The number of hydrogen-bond donors (Lipinski definition) is 1. The molecule has 0 atom stereocenters. The van der Waals surface area contributed by atoms with Gasteiger partial charge in [-0.3, -0.25) is 0 Å². The lowest BCUT2D eigenvalue weighted by molar-refractivity contribution is 0.299. The molecular formula is C14H11BrCl2OS. The van der Waals surface area contributed by atoms with E-state index in [1.807, 2.05) is 30.3 Å². The van der Waals surface area contributed by atoms with Gasteiger partial charge in [0.15, 0.2) is 0 Å². The molecule has 0 fully saturated rings. The van der Waals surface area contributed by atoms with Crippen molar-refractivity contribution in [2.75, 3.05) is 6.61 Å². The van der Waals surface area contributed by atoms with Crippen LogP contribution in [0.15, 0.2) is 50.7 Å². The summed E-state index contributed by atoms with van der Waals surface area (Å²) in [7, 11) is 0. The molecule has 0 unspecified atom stereocenters. The summed E-state index contributed by atoms with van der Waals surface area (Å²) in [5, 5.41) is 10.1. The van der Waals surface area contributed by atoms with E-state index in [1.54, 1.807) is 17.8 Å². The fourth-order valence-corrected chi connectivity index (χ4v) is 3.58. The van der Waals surface area contributed by atoms with E-state index in [2.05, 4.69) is 15.9 Å². The van der Waals surface area contributed by atoms with E-state index in [0.717, 1.165) is 19.8 Å². The maximum Gasteiger partial charge on any atom is 0.0603 e. The minimum atomic E-state index is 0.151. The summed E-state index contributed by atoms with van der Waals surface area (Å²) in [5.41, 5.74) is 1.10. The van der Waals surface area contributed by atoms with Crippen molar-refractivity contribution in [3.05, 3.63) is 56.5 Å². The maximum atomic E-state index is 8.95. The van der Waals surface area contributed by atoms with Crippen LogP contribution >= 0.6 is 50.9 Å². The molecule has 0 aliphatic heterocycles. The molecule has 0 bridgehead atoms. The zero-order valence-corrected chi connectivity index (χ0v) is 13.8. The van der Waals surface area contributed by atoms with Crippen LogP contribution in [-0.2, 0) is 6.42 Å². The third-order valence-corrected chi connectivity index (χ3v) is 4.99. The largest absolute Gasteiger partial charge is 0.396 e. The number of hydrogen-bond acceptors (Lipinski definition) is 2. The predicted octanol–water partition coefficient (Wildman–Crippen LogP) is 5.44. The van der Waals surface area contributed by atoms with Crippen LogP contribution in [-0.4, -0.2) is 11.7 Å². The van der Waals surface area contributed by atoms with E-state index in [0.29, 0.717) is 16.5 Å². The molecule has 0 aromatic heterocycles. The molecule has 0 spiro atoms. The van der Waals surface area contributed by atoms with Gasteiger partial charge in [0.2, 0.25) is 0 Å². The van der Waals surface area contributed by atoms with Crippen molar-refractivity contribution in [1.29, 1.82) is 0 Å². The quantitative estimate of drug-likeness (QED) is 0.765. The second-order valence-electron chi connectivity index (χ2n) is 3.90. The van der Waals surface area contributed by atoms with Crippen molar-refractivity contribution >= 4 is 50.9 Å². The Morgan fingerprint density at radius 3 is 2.32 bits per heavy atom. The second-order valence-corrected chi connectivity index (χ2v) is 6.72. The molecule has 1 N–H and O–H groups in total. The van der Waals surface area contributed by atoms with Crippen LogP contribution in [0.2, 0.25) is 10.0 Å². The first-order chi connectivity index (χ1) is 9.10. The first-order valence-corrected chi connectivity index (χ1v) is 7.99. The summed E-state index contributed by atoms with van der Waals surface area (Å²) < 4.78 is 1.01. The summed E-state index contributed by atoms with van der Waals surface area (Å²) in [6.07, 6.45) is 0.651. The van der Waals surface area contributed by atoms with Gasteiger partial charge in [-0.1, -0.05) is 57.0 Å². The molecule has 0 radical (unpaired) electrons. The molecular weight excluding hydrogens is 367 g/mol. The predicted molar refractivity (Wildman–Crippen MR) is 85.5 cm³/mol. The van der Waals surface area contributed by atoms with Crippen LogP contribution in [0.1, 0.15) is 5.56 Å². The van der Waals surface area contributed by atoms with Gasteiger partial charge in [0.05, 0.1) is 10.0 Å². The summed E-state index contributed by atoms with van der Waals surface area (Å²) >= 11 is 17.0. The van der Waals surface area contributed by atoms with Crippen molar-refractivity contribution in [2.24, 2.45) is 0 Å². The Balaban J connectivity index is 2.19. The number of benzene rings is 2. The highest BCUT2D eigenvalue weighted by Crippen LogP contribution is 2.34. The number of halogens is 3. The van der Waals surface area contributed by atoms with E-state index in [9.17, 15) is 0 Å². The highest BCUT2D eigenvalue weighted by Gasteiger charge is 2.05. The normalized spacial score (nSPS) is 10.7. The highest BCUT2D eigenvalue weighted by molar-refractivity contribution is 9.10. The molecule has 2 rings (SSSR count). The van der Waals surface area contributed by atoms with E-state index >= 15 is 0 Å². The minimum absolute atomic E-state index is 0.151. The average molecular weight is 378 g/mol. The van der Waals surface area contributed by atoms with Crippen molar-refractivity contribution < 1.29 is 5.11 Å². The second kappa shape index (κ2) is 7.00. The number of rotatable bonds is 4. The lowest BCUT2D eigenvalue weighted by Crippen LogP contribution is -1.91. The monoisotopic (exact) mass is 376 g/mol. The van der Waals surface area contributed by atoms with Crippen LogP contribution in [0.25, 0.3) is 0 Å². The molecule has 0 aliphatic rings. The van der Waals surface area contributed by atoms with Crippen molar-refractivity contribution in [1.82, 2.24) is 0 Å². The molecule has 0 saturated carbocycles. The van der Waals surface area contributed by atoms with Gasteiger partial charge < -0.3 is 5.11 Å². The summed E-state index contributed by atoms with van der Waals surface area (Å²) in [6, 6.07) is 11.7. The average Bonchev–Trinajstić information content (AvgIpc) is 2.37. The van der Waals surface area contributed by atoms with Gasteiger partial charge in [-0.05, 0) is 42.3 Å². The topological polar surface area (TPSA) is 20.2 Å². The molecule has 5 heteroatoms. The Bertz CT molecular complexity index is 590. The van der Waals surface area contributed by atoms with Gasteiger partial charge in [-0.25, -0.2) is 0 Å². The van der Waals surface area contributed by atoms with E-state index < -0.39 is 0 Å². The van der Waals surface area contributed by atoms with Gasteiger partial charge in [-0.15, -0.1) is 0 Å². The lowest BCUT2D eigenvalue weighted by Gasteiger charge is -2.07. The zero-order valence-electron chi connectivity index (χ0n) is 9.87. The Morgan fingerprint density at radius 1 is 1.00 bits per heavy atom. The lowest BCUT2D eigenvalue weighted by atomic mass is 10.2. The fourth-order valence-electron chi connectivity index (χ4n) is 1.59. The molecule has 2 aromatic rings. The fraction of sp³-hybridized carbons (Fsp3) is 0.143. The van der Waals surface area contributed by atoms with Crippen LogP contribution in [0.3, 0.4) is 0 Å². The molecule has 0 amide bonds. The molecule has 0 aliphatic carbocycles. The van der Waals surface area contributed by atoms with Crippen LogP contribution in [0.4, 0.5) is 0 Å². The van der Waals surface area contributed by atoms with E-state index in [-0.39, 0.29) is 6.61 Å². The van der Waals surface area contributed by atoms with Crippen LogP contribution < -0.4 is 0 Å². The Hall–Kier alpha value is -0.190. The Morgan fingerprint density at radius 2 is 1.68 bits per heavy atom. The van der Waals surface area contributed by atoms with Crippen molar-refractivity contribution in [2.45, 2.75) is 16.2 Å². The van der Waals surface area contributed by atoms with Crippen molar-refractivity contribution in [3.63, 3.8) is 0 Å². The summed E-state index contributed by atoms with van der Waals surface area (Å²) in [5.74, 6) is 0. The summed E-state index contributed by atoms with van der Waals surface area (Å²) in [6.45, 7) is 0.151. The number of aliphatic hydroxyl groups excluding tert-OH is 1. The van der Waals surface area contributed by atoms with Gasteiger partial charge in [0.25, 0.3) is 0 Å². The SMILES string of the molecule is OCCc1ccc(Sc2ccc(Cl)c(Cl)c2)cc1Br. The molecule has 0 saturated heterocycles. The molecule has 0 heterocycles. The highest BCUT2D eigenvalue weighted by atomic mass is 79.9. The van der Waals surface area contributed by atoms with Gasteiger partial charge in [-0.2, -0.15) is 0 Å². The van der Waals surface area contributed by atoms with Gasteiger partial charge in [0.1, 0.15) is 0 Å². The van der Waals surface area contributed by atoms with Crippen molar-refractivity contribution in [3.8, 4) is 0 Å². The number of aliphatic hydroxyl groups is 1.